The molecule has 0 aliphatic carbocycles. The molecule has 0 radical (unpaired) electrons. The summed E-state index contributed by atoms with van der Waals surface area (Å²) in [6.45, 7) is 0.953. The molecule has 1 atom stereocenters. The Labute approximate surface area is 83.3 Å². The van der Waals surface area contributed by atoms with E-state index in [-0.39, 0.29) is 11.8 Å². The summed E-state index contributed by atoms with van der Waals surface area (Å²) in [6, 6.07) is 0. The number of amides is 1. The third kappa shape index (κ3) is 6.28. The molecule has 0 aromatic carbocycles. The Morgan fingerprint density at radius 3 is 2.64 bits per heavy atom. The number of carbonyl (C=O) groups is 1. The van der Waals surface area contributed by atoms with Crippen molar-refractivity contribution < 1.29 is 4.79 Å². The molecular weight excluding hydrogens is 182 g/mol. The van der Waals surface area contributed by atoms with Crippen LogP contribution < -0.4 is 11.5 Å². The van der Waals surface area contributed by atoms with Crippen molar-refractivity contribution in [3.8, 4) is 0 Å². The van der Waals surface area contributed by atoms with Crippen LogP contribution in [0.3, 0.4) is 0 Å². The van der Waals surface area contributed by atoms with E-state index in [9.17, 15) is 4.79 Å². The fourth-order valence-electron chi connectivity index (χ4n) is 1.25. The summed E-state index contributed by atoms with van der Waals surface area (Å²) in [6.07, 6.45) is 3.00. The van der Waals surface area contributed by atoms with Crippen molar-refractivity contribution >= 4 is 5.91 Å². The lowest BCUT2D eigenvalue weighted by molar-refractivity contribution is -0.122. The molecule has 0 fully saturated rings. The molecule has 0 saturated heterocycles. The maximum atomic E-state index is 10.9. The summed E-state index contributed by atoms with van der Waals surface area (Å²) in [7, 11) is 0. The van der Waals surface area contributed by atoms with Crippen molar-refractivity contribution in [1.29, 1.82) is 0 Å². The zero-order valence-electron chi connectivity index (χ0n) is 8.22. The number of azide groups is 1. The molecule has 0 bridgehead atoms. The van der Waals surface area contributed by atoms with Crippen LogP contribution in [0.2, 0.25) is 0 Å². The molecular formula is C8H17N5O. The fraction of sp³-hybridized carbons (Fsp3) is 0.875. The van der Waals surface area contributed by atoms with Gasteiger partial charge in [0.2, 0.25) is 5.91 Å². The largest absolute Gasteiger partial charge is 0.369 e. The zero-order chi connectivity index (χ0) is 10.8. The molecule has 14 heavy (non-hydrogen) atoms. The summed E-state index contributed by atoms with van der Waals surface area (Å²) in [5.74, 6) is -0.426. The molecule has 1 amide bonds. The van der Waals surface area contributed by atoms with E-state index in [4.69, 9.17) is 17.0 Å². The molecule has 0 heterocycles. The Kier molecular flexibility index (Phi) is 7.59. The second kappa shape index (κ2) is 8.34. The molecule has 4 N–H and O–H groups in total. The number of unbranched alkanes of at least 4 members (excludes halogenated alkanes) is 1. The maximum absolute atomic E-state index is 10.9. The lowest BCUT2D eigenvalue weighted by atomic mass is 9.98. The van der Waals surface area contributed by atoms with Gasteiger partial charge in [-0.2, -0.15) is 0 Å². The molecule has 0 aromatic heterocycles. The van der Waals surface area contributed by atoms with Gasteiger partial charge in [-0.1, -0.05) is 11.5 Å². The first-order valence-electron chi connectivity index (χ1n) is 4.72. The van der Waals surface area contributed by atoms with Gasteiger partial charge >= 0.3 is 0 Å². The van der Waals surface area contributed by atoms with Gasteiger partial charge < -0.3 is 11.5 Å². The second-order valence-electron chi connectivity index (χ2n) is 3.13. The highest BCUT2D eigenvalue weighted by Gasteiger charge is 2.12. The smallest absolute Gasteiger partial charge is 0.220 e. The first-order chi connectivity index (χ1) is 6.72. The SMILES string of the molecule is [N-]=[N+]=NCCCCC(CCN)C(N)=O. The van der Waals surface area contributed by atoms with Crippen LogP contribution in [-0.4, -0.2) is 19.0 Å². The topological polar surface area (TPSA) is 118 Å². The fourth-order valence-corrected chi connectivity index (χ4v) is 1.25. The normalized spacial score (nSPS) is 11.8. The summed E-state index contributed by atoms with van der Waals surface area (Å²) < 4.78 is 0. The van der Waals surface area contributed by atoms with Gasteiger partial charge in [-0.3, -0.25) is 4.79 Å². The zero-order valence-corrected chi connectivity index (χ0v) is 8.22. The Bertz CT molecular complexity index is 212. The minimum Gasteiger partial charge on any atom is -0.369 e. The number of nitrogens with zero attached hydrogens (tertiary/aromatic N) is 3. The van der Waals surface area contributed by atoms with Gasteiger partial charge in [-0.25, -0.2) is 0 Å². The molecule has 6 nitrogen and oxygen atoms in total. The predicted molar refractivity (Wildman–Crippen MR) is 54.2 cm³/mol. The van der Waals surface area contributed by atoms with Crippen molar-refractivity contribution in [1.82, 2.24) is 0 Å². The van der Waals surface area contributed by atoms with Gasteiger partial charge in [0, 0.05) is 17.4 Å². The number of rotatable bonds is 8. The standard InChI is InChI=1S/C8H17N5O/c9-5-4-7(8(10)14)3-1-2-6-12-13-11/h7H,1-6,9H2,(H2,10,14). The summed E-state index contributed by atoms with van der Waals surface area (Å²) >= 11 is 0. The van der Waals surface area contributed by atoms with Crippen molar-refractivity contribution in [3.05, 3.63) is 10.4 Å². The monoisotopic (exact) mass is 199 g/mol. The van der Waals surface area contributed by atoms with E-state index in [1.54, 1.807) is 0 Å². The minimum atomic E-state index is -0.292. The van der Waals surface area contributed by atoms with Gasteiger partial charge in [0.15, 0.2) is 0 Å². The Hall–Kier alpha value is -1.26. The highest BCUT2D eigenvalue weighted by atomic mass is 16.1. The van der Waals surface area contributed by atoms with Gasteiger partial charge in [0.05, 0.1) is 0 Å². The van der Waals surface area contributed by atoms with Crippen LogP contribution in [-0.2, 0) is 4.79 Å². The van der Waals surface area contributed by atoms with E-state index in [1.165, 1.54) is 0 Å². The molecule has 0 saturated carbocycles. The third-order valence-corrected chi connectivity index (χ3v) is 2.04. The van der Waals surface area contributed by atoms with Crippen LogP contribution in [0.15, 0.2) is 5.11 Å². The average molecular weight is 199 g/mol. The van der Waals surface area contributed by atoms with Gasteiger partial charge in [-0.15, -0.1) is 0 Å². The Balaban J connectivity index is 3.60. The van der Waals surface area contributed by atoms with Gasteiger partial charge in [0.25, 0.3) is 0 Å². The van der Waals surface area contributed by atoms with Crippen LogP contribution in [0.5, 0.6) is 0 Å². The van der Waals surface area contributed by atoms with Crippen molar-refractivity contribution in [2.24, 2.45) is 22.5 Å². The number of nitrogens with two attached hydrogens (primary N) is 2. The van der Waals surface area contributed by atoms with Crippen molar-refractivity contribution in [2.45, 2.75) is 25.7 Å². The first kappa shape index (κ1) is 12.7. The van der Waals surface area contributed by atoms with Crippen LogP contribution >= 0.6 is 0 Å². The molecule has 0 aromatic rings. The predicted octanol–water partition coefficient (Wildman–Crippen LogP) is 0.917. The molecule has 0 aliphatic heterocycles. The highest BCUT2D eigenvalue weighted by molar-refractivity contribution is 5.76. The summed E-state index contributed by atoms with van der Waals surface area (Å²) in [4.78, 5) is 13.5. The Morgan fingerprint density at radius 1 is 1.43 bits per heavy atom. The number of carbonyl (C=O) groups excluding carboxylic acids is 1. The minimum absolute atomic E-state index is 0.133. The Morgan fingerprint density at radius 2 is 2.14 bits per heavy atom. The van der Waals surface area contributed by atoms with Crippen molar-refractivity contribution in [2.75, 3.05) is 13.1 Å². The molecule has 0 spiro atoms. The molecule has 80 valence electrons. The first-order valence-corrected chi connectivity index (χ1v) is 4.72. The van der Waals surface area contributed by atoms with E-state index in [2.05, 4.69) is 10.0 Å². The number of hydrogen-bond acceptors (Lipinski definition) is 3. The van der Waals surface area contributed by atoms with E-state index >= 15 is 0 Å². The van der Waals surface area contributed by atoms with Crippen LogP contribution in [0.4, 0.5) is 0 Å². The van der Waals surface area contributed by atoms with Crippen LogP contribution in [0.25, 0.3) is 10.4 Å². The third-order valence-electron chi connectivity index (χ3n) is 2.04. The van der Waals surface area contributed by atoms with Gasteiger partial charge in [0.1, 0.15) is 0 Å². The average Bonchev–Trinajstić information content (AvgIpc) is 2.15. The highest BCUT2D eigenvalue weighted by Crippen LogP contribution is 2.11. The molecule has 0 rings (SSSR count). The van der Waals surface area contributed by atoms with Crippen molar-refractivity contribution in [3.63, 3.8) is 0 Å². The maximum Gasteiger partial charge on any atom is 0.220 e. The quantitative estimate of drug-likeness (QED) is 0.261. The van der Waals surface area contributed by atoms with E-state index in [0.29, 0.717) is 19.5 Å². The lowest BCUT2D eigenvalue weighted by Gasteiger charge is -2.10. The number of hydrogen-bond donors (Lipinski definition) is 2. The summed E-state index contributed by atoms with van der Waals surface area (Å²) in [5.41, 5.74) is 18.5. The van der Waals surface area contributed by atoms with E-state index in [0.717, 1.165) is 19.3 Å². The molecule has 0 aliphatic rings. The van der Waals surface area contributed by atoms with Crippen LogP contribution in [0.1, 0.15) is 25.7 Å². The van der Waals surface area contributed by atoms with E-state index < -0.39 is 0 Å². The molecule has 1 unspecified atom stereocenters. The second-order valence-corrected chi connectivity index (χ2v) is 3.13. The van der Waals surface area contributed by atoms with Crippen LogP contribution in [0, 0.1) is 5.92 Å². The molecule has 6 heteroatoms. The number of primary amides is 1. The lowest BCUT2D eigenvalue weighted by Crippen LogP contribution is -2.25. The van der Waals surface area contributed by atoms with Gasteiger partial charge in [-0.05, 0) is 31.3 Å². The van der Waals surface area contributed by atoms with E-state index in [1.807, 2.05) is 0 Å². The summed E-state index contributed by atoms with van der Waals surface area (Å²) in [5, 5.41) is 3.40.